The molecular formula is C32H35FN2O. The molecule has 0 N–H and O–H groups in total. The SMILES string of the molecule is O=C(Cc1ccccc1N1CCCC1)N1C[C@@H]2[C@H](F)CCC(c3ccccc3)(c3ccccc3)[C@@H]2C1. The number of hydrogen-bond acceptors (Lipinski definition) is 2. The first-order valence-electron chi connectivity index (χ1n) is 13.5. The van der Waals surface area contributed by atoms with Crippen LogP contribution >= 0.6 is 0 Å². The highest BCUT2D eigenvalue weighted by molar-refractivity contribution is 5.81. The van der Waals surface area contributed by atoms with Crippen molar-refractivity contribution in [3.63, 3.8) is 0 Å². The lowest BCUT2D eigenvalue weighted by Crippen LogP contribution is -2.47. The molecule has 3 fully saturated rings. The summed E-state index contributed by atoms with van der Waals surface area (Å²) in [6.45, 7) is 3.23. The number of amides is 1. The maximum atomic E-state index is 15.5. The molecule has 1 amide bonds. The van der Waals surface area contributed by atoms with Crippen LogP contribution in [0.4, 0.5) is 10.1 Å². The number of carbonyl (C=O) groups is 1. The summed E-state index contributed by atoms with van der Waals surface area (Å²) in [6, 6.07) is 29.5. The van der Waals surface area contributed by atoms with Gasteiger partial charge >= 0.3 is 0 Å². The summed E-state index contributed by atoms with van der Waals surface area (Å²) < 4.78 is 15.5. The highest BCUT2D eigenvalue weighted by Crippen LogP contribution is 2.54. The number of benzene rings is 3. The van der Waals surface area contributed by atoms with Crippen molar-refractivity contribution >= 4 is 11.6 Å². The van der Waals surface area contributed by atoms with Crippen LogP contribution in [0.25, 0.3) is 0 Å². The molecule has 3 aromatic rings. The lowest BCUT2D eigenvalue weighted by molar-refractivity contribution is -0.129. The Hall–Kier alpha value is -3.14. The molecular weight excluding hydrogens is 447 g/mol. The molecule has 4 heteroatoms. The number of likely N-dealkylation sites (tertiary alicyclic amines) is 1. The van der Waals surface area contributed by atoms with E-state index in [1.807, 2.05) is 23.1 Å². The van der Waals surface area contributed by atoms with Gasteiger partial charge in [0.1, 0.15) is 6.17 Å². The second kappa shape index (κ2) is 9.72. The van der Waals surface area contributed by atoms with Gasteiger partial charge in [-0.1, -0.05) is 78.9 Å². The van der Waals surface area contributed by atoms with E-state index in [2.05, 4.69) is 71.6 Å². The molecule has 2 saturated heterocycles. The third kappa shape index (κ3) is 4.01. The van der Waals surface area contributed by atoms with E-state index < -0.39 is 6.17 Å². The molecule has 6 rings (SSSR count). The van der Waals surface area contributed by atoms with Gasteiger partial charge in [0.15, 0.2) is 0 Å². The van der Waals surface area contributed by atoms with Crippen molar-refractivity contribution in [3.8, 4) is 0 Å². The molecule has 2 heterocycles. The fraction of sp³-hybridized carbons (Fsp3) is 0.406. The van der Waals surface area contributed by atoms with E-state index in [4.69, 9.17) is 0 Å². The minimum absolute atomic E-state index is 0.0591. The summed E-state index contributed by atoms with van der Waals surface area (Å²) in [5, 5.41) is 0. The first-order valence-corrected chi connectivity index (χ1v) is 13.5. The summed E-state index contributed by atoms with van der Waals surface area (Å²) >= 11 is 0. The van der Waals surface area contributed by atoms with Crippen molar-refractivity contribution in [1.82, 2.24) is 4.90 Å². The Bertz CT molecular complexity index is 1150. The van der Waals surface area contributed by atoms with Gasteiger partial charge < -0.3 is 9.80 Å². The van der Waals surface area contributed by atoms with Gasteiger partial charge in [0, 0.05) is 43.2 Å². The highest BCUT2D eigenvalue weighted by atomic mass is 19.1. The topological polar surface area (TPSA) is 23.6 Å². The van der Waals surface area contributed by atoms with Crippen LogP contribution in [0.3, 0.4) is 0 Å². The Morgan fingerprint density at radius 2 is 1.44 bits per heavy atom. The molecule has 3 nitrogen and oxygen atoms in total. The van der Waals surface area contributed by atoms with E-state index in [-0.39, 0.29) is 23.2 Å². The third-order valence-electron chi connectivity index (χ3n) is 8.99. The van der Waals surface area contributed by atoms with Gasteiger partial charge in [-0.05, 0) is 54.4 Å². The number of halogens is 1. The first kappa shape index (κ1) is 23.3. The number of hydrogen-bond donors (Lipinski definition) is 0. The van der Waals surface area contributed by atoms with E-state index in [0.29, 0.717) is 25.9 Å². The molecule has 36 heavy (non-hydrogen) atoms. The lowest BCUT2D eigenvalue weighted by Gasteiger charge is -2.47. The fourth-order valence-electron chi connectivity index (χ4n) is 7.24. The van der Waals surface area contributed by atoms with Crippen molar-refractivity contribution in [2.75, 3.05) is 31.1 Å². The molecule has 1 aliphatic carbocycles. The average Bonchev–Trinajstić information content (AvgIpc) is 3.62. The number of para-hydroxylation sites is 1. The molecule has 3 aliphatic rings. The predicted molar refractivity (Wildman–Crippen MR) is 143 cm³/mol. The van der Waals surface area contributed by atoms with Crippen molar-refractivity contribution in [2.24, 2.45) is 11.8 Å². The summed E-state index contributed by atoms with van der Waals surface area (Å²) in [7, 11) is 0. The van der Waals surface area contributed by atoms with E-state index in [9.17, 15) is 4.79 Å². The minimum atomic E-state index is -0.870. The number of nitrogens with zero attached hydrogens (tertiary/aromatic N) is 2. The first-order chi connectivity index (χ1) is 17.7. The molecule has 3 aromatic carbocycles. The lowest BCUT2D eigenvalue weighted by atomic mass is 9.56. The molecule has 0 aromatic heterocycles. The molecule has 1 saturated carbocycles. The Labute approximate surface area is 213 Å². The van der Waals surface area contributed by atoms with Gasteiger partial charge in [-0.3, -0.25) is 4.79 Å². The minimum Gasteiger partial charge on any atom is -0.371 e. The zero-order chi connectivity index (χ0) is 24.5. The Morgan fingerprint density at radius 3 is 2.11 bits per heavy atom. The number of carbonyl (C=O) groups excluding carboxylic acids is 1. The molecule has 2 aliphatic heterocycles. The van der Waals surface area contributed by atoms with Gasteiger partial charge in [0.05, 0.1) is 6.42 Å². The van der Waals surface area contributed by atoms with Crippen LogP contribution in [0.1, 0.15) is 42.4 Å². The number of alkyl halides is 1. The van der Waals surface area contributed by atoms with Crippen molar-refractivity contribution in [3.05, 3.63) is 102 Å². The zero-order valence-electron chi connectivity index (χ0n) is 20.9. The van der Waals surface area contributed by atoms with Crippen LogP contribution in [0.5, 0.6) is 0 Å². The van der Waals surface area contributed by atoms with Crippen molar-refractivity contribution in [1.29, 1.82) is 0 Å². The van der Waals surface area contributed by atoms with E-state index >= 15 is 4.39 Å². The molecule has 0 bridgehead atoms. The number of fused-ring (bicyclic) bond motifs is 1. The maximum absolute atomic E-state index is 15.5. The van der Waals surface area contributed by atoms with Crippen LogP contribution in [-0.2, 0) is 16.6 Å². The molecule has 0 unspecified atom stereocenters. The fourth-order valence-corrected chi connectivity index (χ4v) is 7.24. The molecule has 0 spiro atoms. The van der Waals surface area contributed by atoms with Gasteiger partial charge in [-0.15, -0.1) is 0 Å². The molecule has 0 radical (unpaired) electrons. The largest absolute Gasteiger partial charge is 0.371 e. The monoisotopic (exact) mass is 482 g/mol. The van der Waals surface area contributed by atoms with Crippen LogP contribution in [-0.4, -0.2) is 43.2 Å². The molecule has 186 valence electrons. The van der Waals surface area contributed by atoms with Crippen LogP contribution in [0.15, 0.2) is 84.9 Å². The van der Waals surface area contributed by atoms with Crippen LogP contribution in [0, 0.1) is 11.8 Å². The van der Waals surface area contributed by atoms with E-state index in [1.54, 1.807) is 0 Å². The second-order valence-corrected chi connectivity index (χ2v) is 10.8. The number of rotatable bonds is 5. The predicted octanol–water partition coefficient (Wildman–Crippen LogP) is 6.02. The normalized spacial score (nSPS) is 25.1. The summed E-state index contributed by atoms with van der Waals surface area (Å²) in [4.78, 5) is 18.1. The smallest absolute Gasteiger partial charge is 0.227 e. The summed E-state index contributed by atoms with van der Waals surface area (Å²) in [5.74, 6) is 0.0408. The summed E-state index contributed by atoms with van der Waals surface area (Å²) in [5.41, 5.74) is 4.48. The van der Waals surface area contributed by atoms with Crippen LogP contribution < -0.4 is 4.90 Å². The van der Waals surface area contributed by atoms with E-state index in [1.165, 1.54) is 29.7 Å². The van der Waals surface area contributed by atoms with Crippen molar-refractivity contribution < 1.29 is 9.18 Å². The second-order valence-electron chi connectivity index (χ2n) is 10.8. The quantitative estimate of drug-likeness (QED) is 0.444. The Balaban J connectivity index is 1.31. The average molecular weight is 483 g/mol. The highest BCUT2D eigenvalue weighted by Gasteiger charge is 2.55. The van der Waals surface area contributed by atoms with Gasteiger partial charge in [-0.2, -0.15) is 0 Å². The standard InChI is InChI=1S/C32H35FN2O/c33-29-17-18-32(25-12-3-1-4-13-25,26-14-5-2-6-15-26)28-23-35(22-27(28)29)31(36)21-24-11-7-8-16-30(24)34-19-9-10-20-34/h1-8,11-16,27-29H,9-10,17-23H2/t27-,28+,29+/m0/s1. The van der Waals surface area contributed by atoms with Gasteiger partial charge in [0.25, 0.3) is 0 Å². The van der Waals surface area contributed by atoms with Crippen LogP contribution in [0.2, 0.25) is 0 Å². The third-order valence-corrected chi connectivity index (χ3v) is 8.99. The molecule has 3 atom stereocenters. The van der Waals surface area contributed by atoms with E-state index in [0.717, 1.165) is 25.1 Å². The number of anilines is 1. The maximum Gasteiger partial charge on any atom is 0.227 e. The Morgan fingerprint density at radius 1 is 0.833 bits per heavy atom. The Kier molecular flexibility index (Phi) is 6.29. The van der Waals surface area contributed by atoms with Gasteiger partial charge in [0.2, 0.25) is 5.91 Å². The zero-order valence-corrected chi connectivity index (χ0v) is 20.9. The summed E-state index contributed by atoms with van der Waals surface area (Å²) in [6.07, 6.45) is 3.22. The van der Waals surface area contributed by atoms with Crippen molar-refractivity contribution in [2.45, 2.75) is 43.7 Å². The van der Waals surface area contributed by atoms with Gasteiger partial charge in [-0.25, -0.2) is 4.39 Å².